The highest BCUT2D eigenvalue weighted by atomic mass is 16.7. The van der Waals surface area contributed by atoms with Gasteiger partial charge in [-0.2, -0.15) is 5.26 Å². The van der Waals surface area contributed by atoms with Gasteiger partial charge < -0.3 is 14.8 Å². The van der Waals surface area contributed by atoms with Crippen LogP contribution in [0.5, 0.6) is 0 Å². The van der Waals surface area contributed by atoms with Crippen LogP contribution < -0.4 is 5.32 Å². The monoisotopic (exact) mass is 234 g/mol. The first kappa shape index (κ1) is 13.2. The molecule has 5 heteroatoms. The van der Waals surface area contributed by atoms with Gasteiger partial charge in [0.15, 0.2) is 6.29 Å². The average molecular weight is 234 g/mol. The molecule has 1 aromatic rings. The van der Waals surface area contributed by atoms with Gasteiger partial charge in [0.2, 0.25) is 5.91 Å². The van der Waals surface area contributed by atoms with Gasteiger partial charge in [-0.15, -0.1) is 0 Å². The van der Waals surface area contributed by atoms with E-state index in [4.69, 9.17) is 14.7 Å². The topological polar surface area (TPSA) is 71.3 Å². The summed E-state index contributed by atoms with van der Waals surface area (Å²) in [7, 11) is 3.03. The van der Waals surface area contributed by atoms with Crippen LogP contribution in [0.3, 0.4) is 0 Å². The molecule has 0 bridgehead atoms. The van der Waals surface area contributed by atoms with Crippen molar-refractivity contribution in [3.63, 3.8) is 0 Å². The van der Waals surface area contributed by atoms with Crippen LogP contribution in [0.25, 0.3) is 0 Å². The number of carbonyl (C=O) groups is 1. The molecular weight excluding hydrogens is 220 g/mol. The van der Waals surface area contributed by atoms with Crippen LogP contribution in [0, 0.1) is 11.3 Å². The van der Waals surface area contributed by atoms with E-state index < -0.39 is 6.29 Å². The highest BCUT2D eigenvalue weighted by molar-refractivity contribution is 5.92. The number of benzene rings is 1. The van der Waals surface area contributed by atoms with Crippen molar-refractivity contribution in [1.29, 1.82) is 5.26 Å². The molecule has 0 saturated carbocycles. The van der Waals surface area contributed by atoms with Gasteiger partial charge in [-0.05, 0) is 6.07 Å². The smallest absolute Gasteiger partial charge is 0.238 e. The maximum Gasteiger partial charge on any atom is 0.238 e. The van der Waals surface area contributed by atoms with Gasteiger partial charge in [-0.1, -0.05) is 18.2 Å². The third kappa shape index (κ3) is 3.55. The SMILES string of the molecule is COC(OC)c1ccccc1NC(=O)CC#N. The van der Waals surface area contributed by atoms with E-state index in [1.54, 1.807) is 24.3 Å². The van der Waals surface area contributed by atoms with Gasteiger partial charge in [0, 0.05) is 25.5 Å². The maximum atomic E-state index is 11.3. The Morgan fingerprint density at radius 2 is 2.06 bits per heavy atom. The quantitative estimate of drug-likeness (QED) is 0.789. The first-order chi connectivity index (χ1) is 8.22. The van der Waals surface area contributed by atoms with E-state index in [9.17, 15) is 4.79 Å². The van der Waals surface area contributed by atoms with Gasteiger partial charge in [-0.25, -0.2) is 0 Å². The van der Waals surface area contributed by atoms with Gasteiger partial charge in [0.05, 0.1) is 6.07 Å². The first-order valence-corrected chi connectivity index (χ1v) is 5.04. The summed E-state index contributed by atoms with van der Waals surface area (Å²) < 4.78 is 10.3. The fraction of sp³-hybridized carbons (Fsp3) is 0.333. The van der Waals surface area contributed by atoms with Crippen LogP contribution in [-0.4, -0.2) is 20.1 Å². The van der Waals surface area contributed by atoms with E-state index >= 15 is 0 Å². The number of carbonyl (C=O) groups excluding carboxylic acids is 1. The summed E-state index contributed by atoms with van der Waals surface area (Å²) in [5.41, 5.74) is 1.30. The van der Waals surface area contributed by atoms with Crippen molar-refractivity contribution >= 4 is 11.6 Å². The van der Waals surface area contributed by atoms with Crippen molar-refractivity contribution in [2.45, 2.75) is 12.7 Å². The molecule has 1 N–H and O–H groups in total. The van der Waals surface area contributed by atoms with Crippen LogP contribution in [0.15, 0.2) is 24.3 Å². The van der Waals surface area contributed by atoms with Crippen LogP contribution in [0.1, 0.15) is 18.3 Å². The highest BCUT2D eigenvalue weighted by Crippen LogP contribution is 2.25. The third-order valence-corrected chi connectivity index (χ3v) is 2.16. The van der Waals surface area contributed by atoms with Gasteiger partial charge in [-0.3, -0.25) is 4.79 Å². The Morgan fingerprint density at radius 1 is 1.41 bits per heavy atom. The van der Waals surface area contributed by atoms with Crippen molar-refractivity contribution in [3.05, 3.63) is 29.8 Å². The van der Waals surface area contributed by atoms with Crippen LogP contribution in [0.4, 0.5) is 5.69 Å². The minimum absolute atomic E-state index is 0.182. The number of amides is 1. The van der Waals surface area contributed by atoms with Crippen LogP contribution in [-0.2, 0) is 14.3 Å². The van der Waals surface area contributed by atoms with E-state index in [0.29, 0.717) is 11.3 Å². The lowest BCUT2D eigenvalue weighted by Gasteiger charge is -2.17. The number of nitriles is 1. The third-order valence-electron chi connectivity index (χ3n) is 2.16. The summed E-state index contributed by atoms with van der Waals surface area (Å²) in [6.07, 6.45) is -0.729. The van der Waals surface area contributed by atoms with Crippen molar-refractivity contribution < 1.29 is 14.3 Å². The molecule has 0 aliphatic heterocycles. The zero-order valence-corrected chi connectivity index (χ0v) is 9.77. The van der Waals surface area contributed by atoms with Crippen molar-refractivity contribution in [1.82, 2.24) is 0 Å². The molecule has 0 aliphatic carbocycles. The number of para-hydroxylation sites is 1. The minimum atomic E-state index is -0.548. The number of nitrogens with one attached hydrogen (secondary N) is 1. The molecule has 1 rings (SSSR count). The molecule has 17 heavy (non-hydrogen) atoms. The molecule has 5 nitrogen and oxygen atoms in total. The fourth-order valence-electron chi connectivity index (χ4n) is 1.43. The van der Waals surface area contributed by atoms with Crippen molar-refractivity contribution in [2.75, 3.05) is 19.5 Å². The first-order valence-electron chi connectivity index (χ1n) is 5.04. The van der Waals surface area contributed by atoms with E-state index in [2.05, 4.69) is 5.32 Å². The Morgan fingerprint density at radius 3 is 2.65 bits per heavy atom. The molecule has 0 heterocycles. The molecule has 1 amide bonds. The van der Waals surface area contributed by atoms with Gasteiger partial charge in [0.1, 0.15) is 6.42 Å². The lowest BCUT2D eigenvalue weighted by molar-refractivity contribution is -0.115. The lowest BCUT2D eigenvalue weighted by Crippen LogP contribution is -2.14. The number of methoxy groups -OCH3 is 2. The van der Waals surface area contributed by atoms with Gasteiger partial charge in [0.25, 0.3) is 0 Å². The summed E-state index contributed by atoms with van der Waals surface area (Å²) in [4.78, 5) is 11.3. The Kier molecular flexibility index (Phi) is 5.14. The minimum Gasteiger partial charge on any atom is -0.352 e. The number of rotatable bonds is 5. The predicted octanol–water partition coefficient (Wildman–Crippen LogP) is 1.83. The number of hydrogen-bond acceptors (Lipinski definition) is 4. The second-order valence-corrected chi connectivity index (χ2v) is 3.27. The Bertz CT molecular complexity index is 422. The number of nitrogens with zero attached hydrogens (tertiary/aromatic N) is 1. The zero-order valence-electron chi connectivity index (χ0n) is 9.77. The fourth-order valence-corrected chi connectivity index (χ4v) is 1.43. The van der Waals surface area contributed by atoms with E-state index in [0.717, 1.165) is 0 Å². The summed E-state index contributed by atoms with van der Waals surface area (Å²) in [5.74, 6) is -0.356. The molecule has 0 aromatic heterocycles. The van der Waals surface area contributed by atoms with Crippen molar-refractivity contribution in [3.8, 4) is 6.07 Å². The number of anilines is 1. The molecular formula is C12H14N2O3. The summed E-state index contributed by atoms with van der Waals surface area (Å²) in [6.45, 7) is 0. The maximum absolute atomic E-state index is 11.3. The van der Waals surface area contributed by atoms with E-state index in [1.807, 2.05) is 6.07 Å². The Labute approximate surface area is 100.0 Å². The molecule has 0 unspecified atom stereocenters. The normalized spacial score (nSPS) is 10.0. The predicted molar refractivity (Wildman–Crippen MR) is 62.1 cm³/mol. The Hall–Kier alpha value is -1.90. The van der Waals surface area contributed by atoms with E-state index in [-0.39, 0.29) is 12.3 Å². The molecule has 0 aliphatic rings. The zero-order chi connectivity index (χ0) is 12.7. The summed E-state index contributed by atoms with van der Waals surface area (Å²) in [5, 5.41) is 11.1. The summed E-state index contributed by atoms with van der Waals surface area (Å²) in [6, 6.07) is 8.92. The number of hydrogen-bond donors (Lipinski definition) is 1. The molecule has 0 saturated heterocycles. The van der Waals surface area contributed by atoms with Crippen molar-refractivity contribution in [2.24, 2.45) is 0 Å². The lowest BCUT2D eigenvalue weighted by atomic mass is 10.1. The highest BCUT2D eigenvalue weighted by Gasteiger charge is 2.14. The molecule has 1 aromatic carbocycles. The second kappa shape index (κ2) is 6.63. The summed E-state index contributed by atoms with van der Waals surface area (Å²) >= 11 is 0. The standard InChI is InChI=1S/C12H14N2O3/c1-16-12(17-2)9-5-3-4-6-10(9)14-11(15)7-8-13/h3-6,12H,7H2,1-2H3,(H,14,15). The second-order valence-electron chi connectivity index (χ2n) is 3.27. The molecule has 0 spiro atoms. The van der Waals surface area contributed by atoms with Crippen LogP contribution in [0.2, 0.25) is 0 Å². The van der Waals surface area contributed by atoms with Crippen LogP contribution >= 0.6 is 0 Å². The number of ether oxygens (including phenoxy) is 2. The van der Waals surface area contributed by atoms with Gasteiger partial charge >= 0.3 is 0 Å². The molecule has 0 fully saturated rings. The molecule has 0 atom stereocenters. The average Bonchev–Trinajstić information content (AvgIpc) is 2.33. The molecule has 90 valence electrons. The largest absolute Gasteiger partial charge is 0.352 e. The Balaban J connectivity index is 2.92. The molecule has 0 radical (unpaired) electrons. The van der Waals surface area contributed by atoms with E-state index in [1.165, 1.54) is 14.2 Å².